The van der Waals surface area contributed by atoms with Gasteiger partial charge in [0.1, 0.15) is 6.33 Å². The predicted molar refractivity (Wildman–Crippen MR) is 82.8 cm³/mol. The van der Waals surface area contributed by atoms with Gasteiger partial charge in [0.15, 0.2) is 5.16 Å². The lowest BCUT2D eigenvalue weighted by Gasteiger charge is -2.10. The zero-order chi connectivity index (χ0) is 14.0. The van der Waals surface area contributed by atoms with Crippen LogP contribution in [0.15, 0.2) is 37.0 Å². The lowest BCUT2D eigenvalue weighted by atomic mass is 10.3. The molecule has 1 aromatic carbocycles. The SMILES string of the molecule is O=C(O)CSc1nncn1-c1c(Br)cc(Br)cc1Br. The van der Waals surface area contributed by atoms with Crippen LogP contribution in [-0.2, 0) is 4.79 Å². The zero-order valence-corrected chi connectivity index (χ0v) is 14.8. The molecule has 19 heavy (non-hydrogen) atoms. The molecule has 2 aromatic rings. The lowest BCUT2D eigenvalue weighted by Crippen LogP contribution is -2.02. The second-order valence-electron chi connectivity index (χ2n) is 3.38. The largest absolute Gasteiger partial charge is 0.481 e. The number of thioether (sulfide) groups is 1. The fourth-order valence-corrected chi connectivity index (χ4v) is 4.64. The van der Waals surface area contributed by atoms with E-state index in [-0.39, 0.29) is 5.75 Å². The number of halogens is 3. The predicted octanol–water partition coefficient (Wildman–Crippen LogP) is 3.73. The Morgan fingerprint density at radius 2 is 1.95 bits per heavy atom. The second kappa shape index (κ2) is 6.38. The zero-order valence-electron chi connectivity index (χ0n) is 9.18. The van der Waals surface area contributed by atoms with Crippen LogP contribution in [-0.4, -0.2) is 31.6 Å². The summed E-state index contributed by atoms with van der Waals surface area (Å²) in [5, 5.41) is 17.0. The van der Waals surface area contributed by atoms with Gasteiger partial charge in [0.05, 0.1) is 11.4 Å². The first-order chi connectivity index (χ1) is 8.99. The molecule has 0 saturated heterocycles. The number of aromatic nitrogens is 3. The van der Waals surface area contributed by atoms with Crippen LogP contribution in [0.4, 0.5) is 0 Å². The molecule has 0 aliphatic carbocycles. The number of carbonyl (C=O) groups is 1. The third kappa shape index (κ3) is 3.59. The lowest BCUT2D eigenvalue weighted by molar-refractivity contribution is -0.133. The summed E-state index contributed by atoms with van der Waals surface area (Å²) in [6.07, 6.45) is 1.54. The van der Waals surface area contributed by atoms with Crippen LogP contribution in [0.2, 0.25) is 0 Å². The van der Waals surface area contributed by atoms with Crippen molar-refractivity contribution in [1.82, 2.24) is 14.8 Å². The molecule has 2 rings (SSSR count). The molecule has 1 heterocycles. The Hall–Kier alpha value is -0.380. The average molecular weight is 472 g/mol. The molecule has 0 spiro atoms. The van der Waals surface area contributed by atoms with Crippen LogP contribution >= 0.6 is 59.6 Å². The van der Waals surface area contributed by atoms with E-state index in [1.54, 1.807) is 10.9 Å². The first kappa shape index (κ1) is 15.0. The summed E-state index contributed by atoms with van der Waals surface area (Å²) in [5.74, 6) is -0.960. The number of carboxylic acid groups (broad SMARTS) is 1. The van der Waals surface area contributed by atoms with Gasteiger partial charge in [0, 0.05) is 13.4 Å². The maximum absolute atomic E-state index is 10.6. The van der Waals surface area contributed by atoms with Crippen LogP contribution < -0.4 is 0 Å². The highest BCUT2D eigenvalue weighted by atomic mass is 79.9. The van der Waals surface area contributed by atoms with Gasteiger partial charge in [-0.3, -0.25) is 9.36 Å². The average Bonchev–Trinajstić information content (AvgIpc) is 2.73. The molecule has 0 amide bonds. The topological polar surface area (TPSA) is 68.0 Å². The molecule has 0 radical (unpaired) electrons. The Morgan fingerprint density at radius 3 is 2.53 bits per heavy atom. The molecule has 0 aliphatic heterocycles. The fourth-order valence-electron chi connectivity index (χ4n) is 1.37. The van der Waals surface area contributed by atoms with E-state index < -0.39 is 5.97 Å². The molecule has 1 aromatic heterocycles. The minimum Gasteiger partial charge on any atom is -0.481 e. The number of hydrogen-bond donors (Lipinski definition) is 1. The highest BCUT2D eigenvalue weighted by Gasteiger charge is 2.15. The van der Waals surface area contributed by atoms with E-state index in [0.717, 1.165) is 30.9 Å². The molecular weight excluding hydrogens is 466 g/mol. The highest BCUT2D eigenvalue weighted by Crippen LogP contribution is 2.34. The maximum Gasteiger partial charge on any atom is 0.313 e. The molecule has 0 aliphatic rings. The van der Waals surface area contributed by atoms with Crippen LogP contribution in [0.3, 0.4) is 0 Å². The first-order valence-electron chi connectivity index (χ1n) is 4.88. The van der Waals surface area contributed by atoms with E-state index in [4.69, 9.17) is 5.11 Å². The van der Waals surface area contributed by atoms with Gasteiger partial charge in [-0.05, 0) is 44.0 Å². The second-order valence-corrected chi connectivity index (χ2v) is 6.95. The van der Waals surface area contributed by atoms with Gasteiger partial charge in [-0.15, -0.1) is 10.2 Å². The van der Waals surface area contributed by atoms with E-state index in [1.165, 1.54) is 0 Å². The molecule has 0 atom stereocenters. The molecule has 0 saturated carbocycles. The maximum atomic E-state index is 10.6. The molecule has 9 heteroatoms. The number of hydrogen-bond acceptors (Lipinski definition) is 4. The Labute approximate surface area is 138 Å². The number of rotatable bonds is 4. The molecular formula is C10H6Br3N3O2S. The molecule has 0 fully saturated rings. The molecule has 0 unspecified atom stereocenters. The molecule has 100 valence electrons. The quantitative estimate of drug-likeness (QED) is 0.688. The van der Waals surface area contributed by atoms with Crippen molar-refractivity contribution in [2.24, 2.45) is 0 Å². The number of benzene rings is 1. The van der Waals surface area contributed by atoms with E-state index in [9.17, 15) is 4.79 Å². The Balaban J connectivity index is 2.43. The minimum absolute atomic E-state index is 0.0650. The van der Waals surface area contributed by atoms with Gasteiger partial charge in [0.25, 0.3) is 0 Å². The normalized spacial score (nSPS) is 10.7. The number of nitrogens with zero attached hydrogens (tertiary/aromatic N) is 3. The summed E-state index contributed by atoms with van der Waals surface area (Å²) in [7, 11) is 0. The van der Waals surface area contributed by atoms with Crippen LogP contribution in [0.1, 0.15) is 0 Å². The van der Waals surface area contributed by atoms with Crippen molar-refractivity contribution in [3.63, 3.8) is 0 Å². The molecule has 1 N–H and O–H groups in total. The van der Waals surface area contributed by atoms with Crippen molar-refractivity contribution in [3.05, 3.63) is 31.9 Å². The van der Waals surface area contributed by atoms with Gasteiger partial charge in [-0.2, -0.15) is 0 Å². The van der Waals surface area contributed by atoms with E-state index in [2.05, 4.69) is 58.0 Å². The van der Waals surface area contributed by atoms with Crippen LogP contribution in [0.5, 0.6) is 0 Å². The van der Waals surface area contributed by atoms with Crippen molar-refractivity contribution in [2.45, 2.75) is 5.16 Å². The van der Waals surface area contributed by atoms with Crippen molar-refractivity contribution in [1.29, 1.82) is 0 Å². The van der Waals surface area contributed by atoms with Gasteiger partial charge in [-0.1, -0.05) is 27.7 Å². The minimum atomic E-state index is -0.895. The van der Waals surface area contributed by atoms with E-state index in [0.29, 0.717) is 5.16 Å². The standard InChI is InChI=1S/C10H6Br3N3O2S/c11-5-1-6(12)9(7(13)2-5)16-4-14-15-10(16)19-3-8(17)18/h1-2,4H,3H2,(H,17,18). The Kier molecular flexibility index (Phi) is 5.04. The Morgan fingerprint density at radius 1 is 1.32 bits per heavy atom. The highest BCUT2D eigenvalue weighted by molar-refractivity contribution is 9.11. The fraction of sp³-hybridized carbons (Fsp3) is 0.100. The molecule has 0 bridgehead atoms. The van der Waals surface area contributed by atoms with Gasteiger partial charge >= 0.3 is 5.97 Å². The van der Waals surface area contributed by atoms with Gasteiger partial charge in [0.2, 0.25) is 0 Å². The summed E-state index contributed by atoms with van der Waals surface area (Å²) in [4.78, 5) is 10.6. The third-order valence-electron chi connectivity index (χ3n) is 2.06. The summed E-state index contributed by atoms with van der Waals surface area (Å²) < 4.78 is 4.33. The molecule has 5 nitrogen and oxygen atoms in total. The van der Waals surface area contributed by atoms with Gasteiger partial charge < -0.3 is 5.11 Å². The van der Waals surface area contributed by atoms with Crippen molar-refractivity contribution >= 4 is 65.5 Å². The van der Waals surface area contributed by atoms with Gasteiger partial charge in [-0.25, -0.2) is 0 Å². The number of aliphatic carboxylic acids is 1. The number of carboxylic acids is 1. The van der Waals surface area contributed by atoms with Crippen molar-refractivity contribution in [3.8, 4) is 5.69 Å². The van der Waals surface area contributed by atoms with Crippen LogP contribution in [0, 0.1) is 0 Å². The van der Waals surface area contributed by atoms with Crippen molar-refractivity contribution < 1.29 is 9.90 Å². The summed E-state index contributed by atoms with van der Waals surface area (Å²) in [6, 6.07) is 3.79. The van der Waals surface area contributed by atoms with E-state index >= 15 is 0 Å². The third-order valence-corrected chi connectivity index (χ3v) is 4.66. The van der Waals surface area contributed by atoms with Crippen molar-refractivity contribution in [2.75, 3.05) is 5.75 Å². The smallest absolute Gasteiger partial charge is 0.313 e. The summed E-state index contributed by atoms with van der Waals surface area (Å²) in [6.45, 7) is 0. The summed E-state index contributed by atoms with van der Waals surface area (Å²) >= 11 is 11.5. The van der Waals surface area contributed by atoms with E-state index in [1.807, 2.05) is 12.1 Å². The summed E-state index contributed by atoms with van der Waals surface area (Å²) in [5.41, 5.74) is 0.820. The first-order valence-corrected chi connectivity index (χ1v) is 8.25. The van der Waals surface area contributed by atoms with Crippen LogP contribution in [0.25, 0.3) is 5.69 Å². The Bertz CT molecular complexity index is 609. The monoisotopic (exact) mass is 469 g/mol.